The van der Waals surface area contributed by atoms with Crippen molar-refractivity contribution in [3.05, 3.63) is 69.6 Å². The Morgan fingerprint density at radius 2 is 1.80 bits per heavy atom. The van der Waals surface area contributed by atoms with Crippen molar-refractivity contribution in [2.45, 2.75) is 19.8 Å². The molecule has 1 fully saturated rings. The van der Waals surface area contributed by atoms with Gasteiger partial charge in [-0.05, 0) is 24.5 Å². The third-order valence-corrected chi connectivity index (χ3v) is 4.75. The van der Waals surface area contributed by atoms with E-state index in [2.05, 4.69) is 34.1 Å². The van der Waals surface area contributed by atoms with E-state index in [0.29, 0.717) is 25.1 Å². The number of aromatic nitrogens is 1. The first-order chi connectivity index (χ1) is 12.2. The quantitative estimate of drug-likeness (QED) is 0.906. The molecular weight excluding hydrogens is 314 g/mol. The zero-order chi connectivity index (χ0) is 17.6. The maximum Gasteiger partial charge on any atom is 0.254 e. The predicted octanol–water partition coefficient (Wildman–Crippen LogP) is 1.94. The number of amides is 1. The standard InChI is InChI=1S/C20H25N3O2/c1-2-18-14-17(15-19(24)21-18)20(25)23-12-10-22(11-13-23)9-8-16-6-4-3-5-7-16/h3-7,14-15H,2,8-13H2,1H3,(H,21,24). The van der Waals surface area contributed by atoms with Crippen LogP contribution in [0.4, 0.5) is 0 Å². The Bertz CT molecular complexity index is 762. The number of rotatable bonds is 5. The van der Waals surface area contributed by atoms with Crippen molar-refractivity contribution in [3.63, 3.8) is 0 Å². The SMILES string of the molecule is CCc1cc(C(=O)N2CCN(CCc3ccccc3)CC2)cc(=O)[nH]1. The van der Waals surface area contributed by atoms with Crippen molar-refractivity contribution in [3.8, 4) is 0 Å². The van der Waals surface area contributed by atoms with Gasteiger partial charge in [0.05, 0.1) is 0 Å². The highest BCUT2D eigenvalue weighted by Gasteiger charge is 2.22. The van der Waals surface area contributed by atoms with Gasteiger partial charge in [-0.1, -0.05) is 37.3 Å². The fraction of sp³-hybridized carbons (Fsp3) is 0.400. The van der Waals surface area contributed by atoms with E-state index in [1.54, 1.807) is 6.07 Å². The molecule has 3 rings (SSSR count). The average Bonchev–Trinajstić information content (AvgIpc) is 2.66. The van der Waals surface area contributed by atoms with E-state index in [-0.39, 0.29) is 11.5 Å². The summed E-state index contributed by atoms with van der Waals surface area (Å²) < 4.78 is 0. The number of pyridine rings is 1. The first kappa shape index (κ1) is 17.4. The molecule has 132 valence electrons. The molecule has 1 aromatic carbocycles. The predicted molar refractivity (Wildman–Crippen MR) is 98.9 cm³/mol. The van der Waals surface area contributed by atoms with Gasteiger partial charge in [-0.2, -0.15) is 0 Å². The van der Waals surface area contributed by atoms with Gasteiger partial charge < -0.3 is 9.88 Å². The molecule has 25 heavy (non-hydrogen) atoms. The number of H-pyrrole nitrogens is 1. The minimum atomic E-state index is -0.204. The topological polar surface area (TPSA) is 56.4 Å². The molecule has 0 aliphatic carbocycles. The Labute approximate surface area is 148 Å². The molecule has 0 atom stereocenters. The molecule has 1 N–H and O–H groups in total. The van der Waals surface area contributed by atoms with Crippen LogP contribution in [0.2, 0.25) is 0 Å². The van der Waals surface area contributed by atoms with Crippen molar-refractivity contribution in [2.75, 3.05) is 32.7 Å². The molecule has 0 bridgehead atoms. The van der Waals surface area contributed by atoms with Crippen LogP contribution in [0.1, 0.15) is 28.5 Å². The molecular formula is C20H25N3O2. The largest absolute Gasteiger partial charge is 0.336 e. The van der Waals surface area contributed by atoms with Crippen LogP contribution in [0.15, 0.2) is 47.3 Å². The second-order valence-electron chi connectivity index (χ2n) is 6.48. The minimum Gasteiger partial charge on any atom is -0.336 e. The van der Waals surface area contributed by atoms with Crippen LogP contribution >= 0.6 is 0 Å². The van der Waals surface area contributed by atoms with Crippen LogP contribution in [0, 0.1) is 0 Å². The van der Waals surface area contributed by atoms with Crippen molar-refractivity contribution >= 4 is 5.91 Å². The highest BCUT2D eigenvalue weighted by atomic mass is 16.2. The number of nitrogens with zero attached hydrogens (tertiary/aromatic N) is 2. The fourth-order valence-electron chi connectivity index (χ4n) is 3.20. The third-order valence-electron chi connectivity index (χ3n) is 4.75. The van der Waals surface area contributed by atoms with Gasteiger partial charge in [-0.25, -0.2) is 0 Å². The summed E-state index contributed by atoms with van der Waals surface area (Å²) in [7, 11) is 0. The van der Waals surface area contributed by atoms with Crippen LogP contribution in [0.5, 0.6) is 0 Å². The molecule has 5 nitrogen and oxygen atoms in total. The molecule has 2 heterocycles. The summed E-state index contributed by atoms with van der Waals surface area (Å²) in [5, 5.41) is 0. The lowest BCUT2D eigenvalue weighted by Gasteiger charge is -2.34. The maximum absolute atomic E-state index is 12.7. The van der Waals surface area contributed by atoms with Gasteiger partial charge in [0.1, 0.15) is 0 Å². The van der Waals surface area contributed by atoms with Gasteiger partial charge in [-0.3, -0.25) is 14.5 Å². The van der Waals surface area contributed by atoms with Crippen molar-refractivity contribution < 1.29 is 4.79 Å². The van der Waals surface area contributed by atoms with Gasteiger partial charge in [-0.15, -0.1) is 0 Å². The highest BCUT2D eigenvalue weighted by molar-refractivity contribution is 5.94. The molecule has 1 saturated heterocycles. The zero-order valence-electron chi connectivity index (χ0n) is 14.7. The smallest absolute Gasteiger partial charge is 0.254 e. The van der Waals surface area contributed by atoms with E-state index in [1.165, 1.54) is 11.6 Å². The van der Waals surface area contributed by atoms with Crippen molar-refractivity contribution in [1.29, 1.82) is 0 Å². The lowest BCUT2D eigenvalue weighted by atomic mass is 10.1. The Morgan fingerprint density at radius 3 is 2.48 bits per heavy atom. The molecule has 0 spiro atoms. The average molecular weight is 339 g/mol. The summed E-state index contributed by atoms with van der Waals surface area (Å²) in [6, 6.07) is 13.7. The monoisotopic (exact) mass is 339 g/mol. The maximum atomic E-state index is 12.7. The summed E-state index contributed by atoms with van der Waals surface area (Å²) in [6.07, 6.45) is 1.74. The summed E-state index contributed by atoms with van der Waals surface area (Å²) in [5.74, 6) is -0.0384. The van der Waals surface area contributed by atoms with E-state index in [9.17, 15) is 9.59 Å². The number of benzene rings is 1. The molecule has 0 saturated carbocycles. The molecule has 0 unspecified atom stereocenters. The van der Waals surface area contributed by atoms with E-state index >= 15 is 0 Å². The molecule has 1 aliphatic rings. The number of nitrogens with one attached hydrogen (secondary N) is 1. The minimum absolute atomic E-state index is 0.0384. The number of hydrogen-bond acceptors (Lipinski definition) is 3. The van der Waals surface area contributed by atoms with Gasteiger partial charge in [0.25, 0.3) is 5.91 Å². The number of aryl methyl sites for hydroxylation is 1. The lowest BCUT2D eigenvalue weighted by molar-refractivity contribution is 0.0638. The highest BCUT2D eigenvalue weighted by Crippen LogP contribution is 2.10. The number of hydrogen-bond donors (Lipinski definition) is 1. The summed E-state index contributed by atoms with van der Waals surface area (Å²) in [4.78, 5) is 31.4. The zero-order valence-corrected chi connectivity index (χ0v) is 14.7. The van der Waals surface area contributed by atoms with Gasteiger partial charge in [0.15, 0.2) is 0 Å². The van der Waals surface area contributed by atoms with E-state index in [4.69, 9.17) is 0 Å². The van der Waals surface area contributed by atoms with Gasteiger partial charge in [0.2, 0.25) is 5.56 Å². The van der Waals surface area contributed by atoms with Crippen LogP contribution < -0.4 is 5.56 Å². The first-order valence-electron chi connectivity index (χ1n) is 8.94. The van der Waals surface area contributed by atoms with Crippen LogP contribution in [0.3, 0.4) is 0 Å². The van der Waals surface area contributed by atoms with Crippen LogP contribution in [0.25, 0.3) is 0 Å². The molecule has 1 aromatic heterocycles. The normalized spacial score (nSPS) is 15.3. The first-order valence-corrected chi connectivity index (χ1v) is 8.94. The van der Waals surface area contributed by atoms with Gasteiger partial charge in [0, 0.05) is 50.0 Å². The Kier molecular flexibility index (Phi) is 5.66. The molecule has 2 aromatic rings. The Morgan fingerprint density at radius 1 is 1.08 bits per heavy atom. The summed E-state index contributed by atoms with van der Waals surface area (Å²) in [5.41, 5.74) is 2.44. The Hall–Kier alpha value is -2.40. The van der Waals surface area contributed by atoms with Gasteiger partial charge >= 0.3 is 0 Å². The number of aromatic amines is 1. The van der Waals surface area contributed by atoms with Crippen molar-refractivity contribution in [2.24, 2.45) is 0 Å². The fourth-order valence-corrected chi connectivity index (χ4v) is 3.20. The van der Waals surface area contributed by atoms with Crippen molar-refractivity contribution in [1.82, 2.24) is 14.8 Å². The van der Waals surface area contributed by atoms with E-state index < -0.39 is 0 Å². The third kappa shape index (κ3) is 4.57. The second-order valence-corrected chi connectivity index (χ2v) is 6.48. The van der Waals surface area contributed by atoms with Crippen LogP contribution in [-0.4, -0.2) is 53.4 Å². The number of carbonyl (C=O) groups excluding carboxylic acids is 1. The molecule has 1 aliphatic heterocycles. The second kappa shape index (κ2) is 8.12. The number of piperazine rings is 1. The molecule has 5 heteroatoms. The molecule has 0 radical (unpaired) electrons. The summed E-state index contributed by atoms with van der Waals surface area (Å²) >= 11 is 0. The van der Waals surface area contributed by atoms with Crippen LogP contribution in [-0.2, 0) is 12.8 Å². The number of carbonyl (C=O) groups is 1. The van der Waals surface area contributed by atoms with E-state index in [1.807, 2.05) is 17.9 Å². The Balaban J connectivity index is 1.54. The molecule has 1 amide bonds. The lowest BCUT2D eigenvalue weighted by Crippen LogP contribution is -2.49. The van der Waals surface area contributed by atoms with E-state index in [0.717, 1.165) is 31.7 Å². The summed E-state index contributed by atoms with van der Waals surface area (Å²) in [6.45, 7) is 6.15.